The highest BCUT2D eigenvalue weighted by Gasteiger charge is 2.14. The molecule has 0 radical (unpaired) electrons. The van der Waals surface area contributed by atoms with Crippen LogP contribution in [0.5, 0.6) is 0 Å². The molecular formula is C9H14BrN3O. The summed E-state index contributed by atoms with van der Waals surface area (Å²) >= 11 is 3.31. The average Bonchev–Trinajstić information content (AvgIpc) is 2.46. The second kappa shape index (κ2) is 5.26. The van der Waals surface area contributed by atoms with Crippen molar-refractivity contribution in [1.82, 2.24) is 15.1 Å². The number of hydrogen-bond acceptors (Lipinski definition) is 3. The van der Waals surface area contributed by atoms with Gasteiger partial charge in [0.2, 0.25) is 0 Å². The topological polar surface area (TPSA) is 46.9 Å². The Morgan fingerprint density at radius 2 is 2.43 bits per heavy atom. The van der Waals surface area contributed by atoms with Gasteiger partial charge in [-0.3, -0.25) is 9.48 Å². The predicted molar refractivity (Wildman–Crippen MR) is 58.4 cm³/mol. The molecule has 0 saturated carbocycles. The predicted octanol–water partition coefficient (Wildman–Crippen LogP) is 1.36. The molecule has 0 fully saturated rings. The molecule has 0 aliphatic carbocycles. The van der Waals surface area contributed by atoms with E-state index in [0.717, 1.165) is 17.4 Å². The summed E-state index contributed by atoms with van der Waals surface area (Å²) < 4.78 is 2.38. The average molecular weight is 260 g/mol. The minimum atomic E-state index is 0.132. The zero-order valence-corrected chi connectivity index (χ0v) is 9.97. The van der Waals surface area contributed by atoms with Crippen molar-refractivity contribution in [3.63, 3.8) is 0 Å². The Morgan fingerprint density at radius 1 is 1.71 bits per heavy atom. The van der Waals surface area contributed by atoms with E-state index >= 15 is 0 Å². The van der Waals surface area contributed by atoms with Crippen LogP contribution in [-0.2, 0) is 7.05 Å². The number of halogens is 1. The van der Waals surface area contributed by atoms with Gasteiger partial charge in [-0.2, -0.15) is 5.10 Å². The van der Waals surface area contributed by atoms with Gasteiger partial charge < -0.3 is 5.32 Å². The van der Waals surface area contributed by atoms with Gasteiger partial charge in [-0.25, -0.2) is 0 Å². The summed E-state index contributed by atoms with van der Waals surface area (Å²) in [5.41, 5.74) is 0.654. The second-order valence-corrected chi connectivity index (χ2v) is 3.95. The van der Waals surface area contributed by atoms with Crippen molar-refractivity contribution < 1.29 is 4.79 Å². The first-order valence-corrected chi connectivity index (χ1v) is 5.31. The Hall–Kier alpha value is -0.680. The van der Waals surface area contributed by atoms with Crippen LogP contribution in [0.1, 0.15) is 23.3 Å². The molecule has 0 aliphatic heterocycles. The zero-order chi connectivity index (χ0) is 10.6. The minimum Gasteiger partial charge on any atom is -0.320 e. The Kier molecular flexibility index (Phi) is 4.28. The van der Waals surface area contributed by atoms with E-state index in [-0.39, 0.29) is 5.78 Å². The molecule has 0 unspecified atom stereocenters. The molecule has 0 amide bonds. The largest absolute Gasteiger partial charge is 0.320 e. The summed E-state index contributed by atoms with van der Waals surface area (Å²) in [7, 11) is 3.65. The molecule has 4 nitrogen and oxygen atoms in total. The molecule has 1 aromatic heterocycles. The van der Waals surface area contributed by atoms with Crippen LogP contribution in [-0.4, -0.2) is 29.2 Å². The van der Waals surface area contributed by atoms with E-state index in [0.29, 0.717) is 12.1 Å². The van der Waals surface area contributed by atoms with E-state index in [2.05, 4.69) is 26.3 Å². The first-order valence-electron chi connectivity index (χ1n) is 4.52. The van der Waals surface area contributed by atoms with Crippen LogP contribution < -0.4 is 5.32 Å². The lowest BCUT2D eigenvalue weighted by atomic mass is 10.1. The van der Waals surface area contributed by atoms with E-state index in [1.54, 1.807) is 17.9 Å². The highest BCUT2D eigenvalue weighted by atomic mass is 79.9. The lowest BCUT2D eigenvalue weighted by Crippen LogP contribution is -2.12. The number of rotatable bonds is 5. The molecule has 1 N–H and O–H groups in total. The molecule has 0 aliphatic rings. The number of ketones is 1. The van der Waals surface area contributed by atoms with E-state index in [1.165, 1.54) is 0 Å². The van der Waals surface area contributed by atoms with E-state index < -0.39 is 0 Å². The van der Waals surface area contributed by atoms with Gasteiger partial charge in [-0.1, -0.05) is 0 Å². The Labute approximate surface area is 91.8 Å². The molecule has 0 saturated heterocycles. The standard InChI is InChI=1S/C9H14BrN3O/c1-11-5-3-4-8(14)9-7(10)6-12-13(9)2/h6,11H,3-5H2,1-2H3. The number of aryl methyl sites for hydroxylation is 1. The van der Waals surface area contributed by atoms with Gasteiger partial charge in [-0.05, 0) is 35.9 Å². The van der Waals surface area contributed by atoms with Crippen LogP contribution in [0.25, 0.3) is 0 Å². The molecular weight excluding hydrogens is 246 g/mol. The smallest absolute Gasteiger partial charge is 0.182 e. The first kappa shape index (κ1) is 11.4. The number of carbonyl (C=O) groups is 1. The molecule has 5 heteroatoms. The zero-order valence-electron chi connectivity index (χ0n) is 8.38. The molecule has 0 bridgehead atoms. The van der Waals surface area contributed by atoms with Crippen LogP contribution >= 0.6 is 15.9 Å². The minimum absolute atomic E-state index is 0.132. The Bertz CT molecular complexity index is 302. The monoisotopic (exact) mass is 259 g/mol. The maximum atomic E-state index is 11.7. The van der Waals surface area contributed by atoms with Crippen LogP contribution in [0, 0.1) is 0 Å². The third-order valence-electron chi connectivity index (χ3n) is 1.99. The SMILES string of the molecule is CNCCCC(=O)c1c(Br)cnn1C. The van der Waals surface area contributed by atoms with Gasteiger partial charge in [-0.15, -0.1) is 0 Å². The van der Waals surface area contributed by atoms with Crippen LogP contribution in [0.2, 0.25) is 0 Å². The third kappa shape index (κ3) is 2.65. The normalized spacial score (nSPS) is 10.5. The van der Waals surface area contributed by atoms with Crippen molar-refractivity contribution in [2.24, 2.45) is 7.05 Å². The molecule has 1 rings (SSSR count). The fourth-order valence-electron chi connectivity index (χ4n) is 1.27. The number of Topliss-reactive ketones (excluding diaryl/α,β-unsaturated/α-hetero) is 1. The van der Waals surface area contributed by atoms with Crippen molar-refractivity contribution in [1.29, 1.82) is 0 Å². The van der Waals surface area contributed by atoms with Crippen molar-refractivity contribution in [2.45, 2.75) is 12.8 Å². The maximum absolute atomic E-state index is 11.7. The Balaban J connectivity index is 2.60. The number of aromatic nitrogens is 2. The van der Waals surface area contributed by atoms with Gasteiger partial charge >= 0.3 is 0 Å². The van der Waals surface area contributed by atoms with Gasteiger partial charge in [0.1, 0.15) is 5.69 Å². The number of carbonyl (C=O) groups excluding carboxylic acids is 1. The van der Waals surface area contributed by atoms with E-state index in [9.17, 15) is 4.79 Å². The quantitative estimate of drug-likeness (QED) is 0.642. The van der Waals surface area contributed by atoms with Crippen molar-refractivity contribution >= 4 is 21.7 Å². The lowest BCUT2D eigenvalue weighted by Gasteiger charge is -2.02. The highest BCUT2D eigenvalue weighted by molar-refractivity contribution is 9.10. The fourth-order valence-corrected chi connectivity index (χ4v) is 1.84. The second-order valence-electron chi connectivity index (χ2n) is 3.10. The Morgan fingerprint density at radius 3 is 2.93 bits per heavy atom. The molecule has 1 heterocycles. The summed E-state index contributed by atoms with van der Waals surface area (Å²) in [4.78, 5) is 11.7. The summed E-state index contributed by atoms with van der Waals surface area (Å²) in [5.74, 6) is 0.132. The first-order chi connectivity index (χ1) is 6.66. The van der Waals surface area contributed by atoms with Crippen molar-refractivity contribution in [3.05, 3.63) is 16.4 Å². The molecule has 14 heavy (non-hydrogen) atoms. The van der Waals surface area contributed by atoms with Gasteiger partial charge in [0.15, 0.2) is 5.78 Å². The molecule has 1 aromatic rings. The van der Waals surface area contributed by atoms with E-state index in [4.69, 9.17) is 0 Å². The number of hydrogen-bond donors (Lipinski definition) is 1. The summed E-state index contributed by atoms with van der Waals surface area (Å²) in [6.07, 6.45) is 3.05. The van der Waals surface area contributed by atoms with Crippen molar-refractivity contribution in [2.75, 3.05) is 13.6 Å². The summed E-state index contributed by atoms with van der Waals surface area (Å²) in [6, 6.07) is 0. The van der Waals surface area contributed by atoms with Crippen LogP contribution in [0.15, 0.2) is 10.7 Å². The number of nitrogens with zero attached hydrogens (tertiary/aromatic N) is 2. The fraction of sp³-hybridized carbons (Fsp3) is 0.556. The van der Waals surface area contributed by atoms with Gasteiger partial charge in [0.05, 0.1) is 10.7 Å². The van der Waals surface area contributed by atoms with Crippen molar-refractivity contribution in [3.8, 4) is 0 Å². The summed E-state index contributed by atoms with van der Waals surface area (Å²) in [6.45, 7) is 0.862. The molecule has 0 atom stereocenters. The van der Waals surface area contributed by atoms with Crippen LogP contribution in [0.3, 0.4) is 0 Å². The lowest BCUT2D eigenvalue weighted by molar-refractivity contribution is 0.0970. The molecule has 78 valence electrons. The third-order valence-corrected chi connectivity index (χ3v) is 2.57. The maximum Gasteiger partial charge on any atom is 0.182 e. The number of nitrogens with one attached hydrogen (secondary N) is 1. The van der Waals surface area contributed by atoms with Gasteiger partial charge in [0.25, 0.3) is 0 Å². The highest BCUT2D eigenvalue weighted by Crippen LogP contribution is 2.17. The summed E-state index contributed by atoms with van der Waals surface area (Å²) in [5, 5.41) is 7.01. The molecule has 0 aromatic carbocycles. The van der Waals surface area contributed by atoms with Gasteiger partial charge in [0, 0.05) is 13.5 Å². The molecule has 0 spiro atoms. The van der Waals surface area contributed by atoms with E-state index in [1.807, 2.05) is 7.05 Å². The van der Waals surface area contributed by atoms with Crippen LogP contribution in [0.4, 0.5) is 0 Å².